The van der Waals surface area contributed by atoms with Crippen molar-refractivity contribution >= 4 is 16.9 Å². The lowest BCUT2D eigenvalue weighted by atomic mass is 10.0. The normalized spacial score (nSPS) is 24.0. The summed E-state index contributed by atoms with van der Waals surface area (Å²) in [6.45, 7) is 0.969. The van der Waals surface area contributed by atoms with Crippen LogP contribution in [0, 0.1) is 0 Å². The van der Waals surface area contributed by atoms with Crippen molar-refractivity contribution in [2.45, 2.75) is 24.4 Å². The molecule has 3 heterocycles. The van der Waals surface area contributed by atoms with Crippen LogP contribution in [0.1, 0.15) is 16.8 Å². The molecule has 2 aliphatic heterocycles. The number of hydrogen-bond donors (Lipinski definition) is 1. The molecule has 1 atom stereocenters. The van der Waals surface area contributed by atoms with Gasteiger partial charge in [-0.25, -0.2) is 13.8 Å². The Bertz CT molecular complexity index is 788. The van der Waals surface area contributed by atoms with Crippen molar-refractivity contribution in [1.82, 2.24) is 19.8 Å². The number of amides is 1. The van der Waals surface area contributed by atoms with Crippen molar-refractivity contribution in [3.05, 3.63) is 30.1 Å². The van der Waals surface area contributed by atoms with Gasteiger partial charge in [0, 0.05) is 44.3 Å². The average Bonchev–Trinajstić information content (AvgIpc) is 3.09. The minimum Gasteiger partial charge on any atom is -0.383 e. The number of nitrogens with zero attached hydrogens (tertiary/aromatic N) is 3. The van der Waals surface area contributed by atoms with Crippen LogP contribution in [0.25, 0.3) is 11.0 Å². The maximum Gasteiger partial charge on any atom is 0.262 e. The Balaban J connectivity index is 1.41. The first-order valence-electron chi connectivity index (χ1n) is 8.32. The monoisotopic (exact) mass is 350 g/mol. The number of rotatable bonds is 4. The summed E-state index contributed by atoms with van der Waals surface area (Å²) in [6, 6.07) is 5.00. The van der Waals surface area contributed by atoms with Gasteiger partial charge in [-0.2, -0.15) is 0 Å². The second-order valence-electron chi connectivity index (χ2n) is 6.84. The third-order valence-corrected chi connectivity index (χ3v) is 5.06. The molecule has 134 valence electrons. The van der Waals surface area contributed by atoms with Crippen molar-refractivity contribution in [2.75, 3.05) is 33.4 Å². The van der Waals surface area contributed by atoms with Crippen LogP contribution < -0.4 is 0 Å². The lowest BCUT2D eigenvalue weighted by Gasteiger charge is -2.45. The molecule has 1 aromatic carbocycles. The maximum atomic E-state index is 13.7. The number of halogens is 2. The first-order chi connectivity index (χ1) is 12.0. The SMILES string of the molecule is COC[C@@H]1CC(F)(F)CN1C1CN(C(=O)c2ccc3nc[nH]c3c2)C1. The summed E-state index contributed by atoms with van der Waals surface area (Å²) >= 11 is 0. The number of benzene rings is 1. The van der Waals surface area contributed by atoms with Gasteiger partial charge in [0.1, 0.15) is 0 Å². The van der Waals surface area contributed by atoms with Crippen molar-refractivity contribution in [2.24, 2.45) is 0 Å². The predicted octanol–water partition coefficient (Wildman–Crippen LogP) is 1.74. The average molecular weight is 350 g/mol. The van der Waals surface area contributed by atoms with Gasteiger partial charge in [0.2, 0.25) is 0 Å². The molecule has 2 aliphatic rings. The zero-order valence-corrected chi connectivity index (χ0v) is 13.9. The van der Waals surface area contributed by atoms with Crippen molar-refractivity contribution < 1.29 is 18.3 Å². The summed E-state index contributed by atoms with van der Waals surface area (Å²) in [4.78, 5) is 23.2. The molecule has 1 amide bonds. The molecule has 0 saturated carbocycles. The summed E-state index contributed by atoms with van der Waals surface area (Å²) in [6.07, 6.45) is 1.41. The summed E-state index contributed by atoms with van der Waals surface area (Å²) in [5, 5.41) is 0. The minimum absolute atomic E-state index is 0.0339. The molecule has 0 unspecified atom stereocenters. The zero-order valence-electron chi connectivity index (χ0n) is 13.9. The highest BCUT2D eigenvalue weighted by molar-refractivity contribution is 5.97. The van der Waals surface area contributed by atoms with E-state index in [2.05, 4.69) is 9.97 Å². The third-order valence-electron chi connectivity index (χ3n) is 5.06. The van der Waals surface area contributed by atoms with E-state index < -0.39 is 5.92 Å². The Hall–Kier alpha value is -2.06. The number of likely N-dealkylation sites (tertiary alicyclic amines) is 2. The summed E-state index contributed by atoms with van der Waals surface area (Å²) in [5.41, 5.74) is 2.19. The van der Waals surface area contributed by atoms with Crippen LogP contribution >= 0.6 is 0 Å². The number of fused-ring (bicyclic) bond motifs is 1. The molecule has 1 N–H and O–H groups in total. The molecule has 2 fully saturated rings. The van der Waals surface area contributed by atoms with Crippen LogP contribution in [0.3, 0.4) is 0 Å². The van der Waals surface area contributed by atoms with E-state index in [4.69, 9.17) is 4.74 Å². The number of alkyl halides is 2. The van der Waals surface area contributed by atoms with E-state index >= 15 is 0 Å². The Kier molecular flexibility index (Phi) is 3.96. The highest BCUT2D eigenvalue weighted by Gasteiger charge is 2.50. The molecule has 0 spiro atoms. The number of imidazole rings is 1. The number of nitrogens with one attached hydrogen (secondary N) is 1. The van der Waals surface area contributed by atoms with Crippen molar-refractivity contribution in [3.8, 4) is 0 Å². The summed E-state index contributed by atoms with van der Waals surface area (Å²) in [5.74, 6) is -2.76. The molecule has 8 heteroatoms. The van der Waals surface area contributed by atoms with Gasteiger partial charge in [0.05, 0.1) is 30.5 Å². The lowest BCUT2D eigenvalue weighted by Crippen LogP contribution is -2.62. The number of hydrogen-bond acceptors (Lipinski definition) is 4. The Morgan fingerprint density at radius 1 is 1.44 bits per heavy atom. The van der Waals surface area contributed by atoms with Gasteiger partial charge in [-0.1, -0.05) is 0 Å². The lowest BCUT2D eigenvalue weighted by molar-refractivity contribution is -0.0136. The Labute approximate surface area is 143 Å². The van der Waals surface area contributed by atoms with Crippen molar-refractivity contribution in [1.29, 1.82) is 0 Å². The molecule has 0 aliphatic carbocycles. The molecule has 2 aromatic rings. The number of carbonyl (C=O) groups is 1. The second kappa shape index (κ2) is 6.03. The molecule has 6 nitrogen and oxygen atoms in total. The van der Waals surface area contributed by atoms with E-state index in [-0.39, 0.29) is 37.6 Å². The fourth-order valence-electron chi connectivity index (χ4n) is 3.78. The van der Waals surface area contributed by atoms with E-state index in [9.17, 15) is 13.6 Å². The number of H-pyrrole nitrogens is 1. The van der Waals surface area contributed by atoms with Gasteiger partial charge in [-0.3, -0.25) is 9.69 Å². The van der Waals surface area contributed by atoms with E-state index in [0.717, 1.165) is 11.0 Å². The molecular formula is C17H20F2N4O2. The number of carbonyl (C=O) groups excluding carboxylic acids is 1. The minimum atomic E-state index is -2.68. The van der Waals surface area contributed by atoms with Crippen LogP contribution in [0.4, 0.5) is 8.78 Å². The fourth-order valence-corrected chi connectivity index (χ4v) is 3.78. The molecule has 4 rings (SSSR count). The topological polar surface area (TPSA) is 61.5 Å². The quantitative estimate of drug-likeness (QED) is 0.913. The second-order valence-corrected chi connectivity index (χ2v) is 6.84. The van der Waals surface area contributed by atoms with Gasteiger partial charge in [-0.15, -0.1) is 0 Å². The van der Waals surface area contributed by atoms with E-state index in [1.165, 1.54) is 7.11 Å². The molecule has 0 radical (unpaired) electrons. The standard InChI is InChI=1S/C17H20F2N4O2/c1-25-8-12-5-17(18,19)9-23(12)13-6-22(7-13)16(24)11-2-3-14-15(4-11)21-10-20-14/h2-4,10,12-13H,5-9H2,1H3,(H,20,21)/t12-/m0/s1. The Morgan fingerprint density at radius 2 is 2.24 bits per heavy atom. The number of methoxy groups -OCH3 is 1. The van der Waals surface area contributed by atoms with Gasteiger partial charge in [0.15, 0.2) is 0 Å². The summed E-state index contributed by atoms with van der Waals surface area (Å²) < 4.78 is 32.6. The van der Waals surface area contributed by atoms with Gasteiger partial charge in [0.25, 0.3) is 11.8 Å². The maximum absolute atomic E-state index is 13.7. The van der Waals surface area contributed by atoms with Gasteiger partial charge >= 0.3 is 0 Å². The molecule has 25 heavy (non-hydrogen) atoms. The number of aromatic nitrogens is 2. The highest BCUT2D eigenvalue weighted by atomic mass is 19.3. The van der Waals surface area contributed by atoms with Crippen LogP contribution in [0.15, 0.2) is 24.5 Å². The first kappa shape index (κ1) is 16.4. The van der Waals surface area contributed by atoms with Crippen LogP contribution in [0.2, 0.25) is 0 Å². The molecule has 2 saturated heterocycles. The predicted molar refractivity (Wildman–Crippen MR) is 87.7 cm³/mol. The molecule has 0 bridgehead atoms. The largest absolute Gasteiger partial charge is 0.383 e. The third kappa shape index (κ3) is 3.00. The molecule has 1 aromatic heterocycles. The fraction of sp³-hybridized carbons (Fsp3) is 0.529. The van der Waals surface area contributed by atoms with E-state index in [0.29, 0.717) is 18.7 Å². The van der Waals surface area contributed by atoms with Crippen LogP contribution in [0.5, 0.6) is 0 Å². The van der Waals surface area contributed by atoms with E-state index in [1.54, 1.807) is 34.3 Å². The van der Waals surface area contributed by atoms with Gasteiger partial charge < -0.3 is 14.6 Å². The van der Waals surface area contributed by atoms with Crippen molar-refractivity contribution in [3.63, 3.8) is 0 Å². The highest BCUT2D eigenvalue weighted by Crippen LogP contribution is 2.35. The molecular weight excluding hydrogens is 330 g/mol. The van der Waals surface area contributed by atoms with Gasteiger partial charge in [-0.05, 0) is 18.2 Å². The summed E-state index contributed by atoms with van der Waals surface area (Å²) in [7, 11) is 1.52. The van der Waals surface area contributed by atoms with Crippen LogP contribution in [-0.2, 0) is 4.74 Å². The Morgan fingerprint density at radius 3 is 3.00 bits per heavy atom. The van der Waals surface area contributed by atoms with Crippen LogP contribution in [-0.4, -0.2) is 77.0 Å². The van der Waals surface area contributed by atoms with E-state index in [1.807, 2.05) is 0 Å². The number of ether oxygens (including phenoxy) is 1. The number of aromatic amines is 1. The first-order valence-corrected chi connectivity index (χ1v) is 8.32. The smallest absolute Gasteiger partial charge is 0.262 e. The zero-order chi connectivity index (χ0) is 17.6.